The van der Waals surface area contributed by atoms with Gasteiger partial charge in [0.1, 0.15) is 12.4 Å². The summed E-state index contributed by atoms with van der Waals surface area (Å²) in [5, 5.41) is 3.40. The van der Waals surface area contributed by atoms with Crippen LogP contribution in [0.3, 0.4) is 0 Å². The van der Waals surface area contributed by atoms with Crippen molar-refractivity contribution in [2.24, 2.45) is 0 Å². The van der Waals surface area contributed by atoms with E-state index in [2.05, 4.69) is 47.1 Å². The molecule has 0 unspecified atom stereocenters. The molecule has 0 aromatic heterocycles. The zero-order valence-corrected chi connectivity index (χ0v) is 13.4. The lowest BCUT2D eigenvalue weighted by atomic mass is 10.0. The molecule has 1 heterocycles. The van der Waals surface area contributed by atoms with Gasteiger partial charge in [-0.05, 0) is 11.6 Å². The minimum atomic E-state index is 0.198. The fraction of sp³-hybridized carbons (Fsp3) is 0.300. The molecule has 0 aliphatic carbocycles. The summed E-state index contributed by atoms with van der Waals surface area (Å²) in [6.45, 7) is 8.75. The van der Waals surface area contributed by atoms with E-state index in [9.17, 15) is 0 Å². The second kappa shape index (κ2) is 7.95. The summed E-state index contributed by atoms with van der Waals surface area (Å²) in [6, 6.07) is 18.8. The van der Waals surface area contributed by atoms with Crippen molar-refractivity contribution in [2.45, 2.75) is 12.6 Å². The van der Waals surface area contributed by atoms with Gasteiger partial charge in [0.05, 0.1) is 6.04 Å². The highest BCUT2D eigenvalue weighted by atomic mass is 16.5. The van der Waals surface area contributed by atoms with Crippen molar-refractivity contribution in [3.63, 3.8) is 0 Å². The Labute approximate surface area is 138 Å². The molecular weight excluding hydrogens is 284 g/mol. The summed E-state index contributed by atoms with van der Waals surface area (Å²) in [4.78, 5) is 2.45. The smallest absolute Gasteiger partial charge is 0.124 e. The summed E-state index contributed by atoms with van der Waals surface area (Å²) >= 11 is 0. The van der Waals surface area contributed by atoms with Gasteiger partial charge in [-0.2, -0.15) is 0 Å². The molecule has 120 valence electrons. The molecule has 0 spiro atoms. The van der Waals surface area contributed by atoms with Crippen LogP contribution in [0.25, 0.3) is 0 Å². The van der Waals surface area contributed by atoms with E-state index in [1.807, 2.05) is 30.3 Å². The van der Waals surface area contributed by atoms with Gasteiger partial charge in [0.25, 0.3) is 0 Å². The third-order valence-electron chi connectivity index (χ3n) is 4.24. The van der Waals surface area contributed by atoms with Crippen LogP contribution in [0.1, 0.15) is 17.2 Å². The van der Waals surface area contributed by atoms with E-state index in [1.54, 1.807) is 0 Å². The average molecular weight is 308 g/mol. The number of para-hydroxylation sites is 1. The first-order chi connectivity index (χ1) is 11.4. The number of ether oxygens (including phenoxy) is 1. The number of benzene rings is 2. The average Bonchev–Trinajstić information content (AvgIpc) is 2.63. The third-order valence-corrected chi connectivity index (χ3v) is 4.24. The summed E-state index contributed by atoms with van der Waals surface area (Å²) in [6.07, 6.45) is 2.02. The van der Waals surface area contributed by atoms with E-state index in [-0.39, 0.29) is 6.04 Å². The normalized spacial score (nSPS) is 16.7. The van der Waals surface area contributed by atoms with Crippen molar-refractivity contribution >= 4 is 0 Å². The van der Waals surface area contributed by atoms with Crippen LogP contribution in [0.5, 0.6) is 5.75 Å². The molecule has 1 atom stereocenters. The Balaban J connectivity index is 1.77. The van der Waals surface area contributed by atoms with Crippen molar-refractivity contribution in [1.29, 1.82) is 0 Å². The molecule has 0 radical (unpaired) electrons. The molecule has 1 saturated heterocycles. The Kier molecular flexibility index (Phi) is 5.46. The number of hydrogen-bond donors (Lipinski definition) is 1. The molecule has 2 aromatic carbocycles. The molecule has 0 amide bonds. The van der Waals surface area contributed by atoms with Crippen LogP contribution >= 0.6 is 0 Å². The van der Waals surface area contributed by atoms with Gasteiger partial charge in [0, 0.05) is 31.7 Å². The Bertz CT molecular complexity index is 621. The topological polar surface area (TPSA) is 24.5 Å². The molecule has 1 fully saturated rings. The Morgan fingerprint density at radius 3 is 2.48 bits per heavy atom. The molecule has 0 bridgehead atoms. The second-order valence-corrected chi connectivity index (χ2v) is 5.78. The van der Waals surface area contributed by atoms with Crippen molar-refractivity contribution in [3.8, 4) is 5.75 Å². The summed E-state index contributed by atoms with van der Waals surface area (Å²) in [7, 11) is 0. The highest BCUT2D eigenvalue weighted by molar-refractivity contribution is 5.38. The predicted molar refractivity (Wildman–Crippen MR) is 94.6 cm³/mol. The van der Waals surface area contributed by atoms with E-state index in [0.29, 0.717) is 6.61 Å². The highest BCUT2D eigenvalue weighted by Gasteiger charge is 2.22. The summed E-state index contributed by atoms with van der Waals surface area (Å²) < 4.78 is 6.11. The highest BCUT2D eigenvalue weighted by Crippen LogP contribution is 2.31. The van der Waals surface area contributed by atoms with E-state index < -0.39 is 0 Å². The molecule has 3 nitrogen and oxygen atoms in total. The van der Waals surface area contributed by atoms with Gasteiger partial charge in [-0.3, -0.25) is 4.90 Å². The molecule has 1 aliphatic rings. The minimum absolute atomic E-state index is 0.198. The van der Waals surface area contributed by atoms with Gasteiger partial charge in [-0.1, -0.05) is 54.6 Å². The first kappa shape index (κ1) is 15.8. The van der Waals surface area contributed by atoms with Gasteiger partial charge in [0.15, 0.2) is 0 Å². The fourth-order valence-corrected chi connectivity index (χ4v) is 3.02. The lowest BCUT2D eigenvalue weighted by Crippen LogP contribution is -2.44. The second-order valence-electron chi connectivity index (χ2n) is 5.78. The van der Waals surface area contributed by atoms with E-state index in [4.69, 9.17) is 4.74 Å². The van der Waals surface area contributed by atoms with Gasteiger partial charge < -0.3 is 10.1 Å². The maximum absolute atomic E-state index is 6.11. The van der Waals surface area contributed by atoms with Crippen LogP contribution in [-0.2, 0) is 6.61 Å². The lowest BCUT2D eigenvalue weighted by Gasteiger charge is -2.34. The van der Waals surface area contributed by atoms with Crippen LogP contribution in [0.2, 0.25) is 0 Å². The molecule has 3 rings (SSSR count). The first-order valence-corrected chi connectivity index (χ1v) is 8.21. The van der Waals surface area contributed by atoms with Crippen LogP contribution in [0.4, 0.5) is 0 Å². The van der Waals surface area contributed by atoms with Crippen molar-refractivity contribution in [1.82, 2.24) is 10.2 Å². The Hall–Kier alpha value is -2.10. The van der Waals surface area contributed by atoms with E-state index in [1.165, 1.54) is 11.1 Å². The van der Waals surface area contributed by atoms with Gasteiger partial charge in [-0.25, -0.2) is 0 Å². The molecule has 2 aromatic rings. The number of nitrogens with one attached hydrogen (secondary N) is 1. The molecule has 23 heavy (non-hydrogen) atoms. The molecule has 3 heteroatoms. The number of piperazine rings is 1. The monoisotopic (exact) mass is 308 g/mol. The van der Waals surface area contributed by atoms with Crippen molar-refractivity contribution in [3.05, 3.63) is 78.4 Å². The number of hydrogen-bond acceptors (Lipinski definition) is 3. The molecule has 0 saturated carbocycles. The third kappa shape index (κ3) is 4.01. The number of rotatable bonds is 6. The SMILES string of the molecule is C=C[C@@H](c1ccccc1OCc1ccccc1)N1CCNCC1. The van der Waals surface area contributed by atoms with E-state index in [0.717, 1.165) is 31.9 Å². The Morgan fingerprint density at radius 1 is 1.04 bits per heavy atom. The van der Waals surface area contributed by atoms with Gasteiger partial charge in [-0.15, -0.1) is 6.58 Å². The van der Waals surface area contributed by atoms with Crippen molar-refractivity contribution < 1.29 is 4.74 Å². The minimum Gasteiger partial charge on any atom is -0.489 e. The summed E-state index contributed by atoms with van der Waals surface area (Å²) in [5.41, 5.74) is 2.37. The van der Waals surface area contributed by atoms with Gasteiger partial charge in [0.2, 0.25) is 0 Å². The van der Waals surface area contributed by atoms with Crippen molar-refractivity contribution in [2.75, 3.05) is 26.2 Å². The molecule has 1 N–H and O–H groups in total. The largest absolute Gasteiger partial charge is 0.489 e. The van der Waals surface area contributed by atoms with Crippen LogP contribution in [0.15, 0.2) is 67.3 Å². The maximum atomic E-state index is 6.11. The fourth-order valence-electron chi connectivity index (χ4n) is 3.02. The zero-order valence-electron chi connectivity index (χ0n) is 13.4. The Morgan fingerprint density at radius 2 is 1.74 bits per heavy atom. The van der Waals surface area contributed by atoms with Crippen LogP contribution in [0, 0.1) is 0 Å². The maximum Gasteiger partial charge on any atom is 0.124 e. The first-order valence-electron chi connectivity index (χ1n) is 8.21. The summed E-state index contributed by atoms with van der Waals surface area (Å²) in [5.74, 6) is 0.944. The predicted octanol–water partition coefficient (Wildman–Crippen LogP) is 3.40. The number of nitrogens with zero attached hydrogens (tertiary/aromatic N) is 1. The van der Waals surface area contributed by atoms with Crippen LogP contribution in [-0.4, -0.2) is 31.1 Å². The molecule has 1 aliphatic heterocycles. The zero-order chi connectivity index (χ0) is 15.9. The van der Waals surface area contributed by atoms with E-state index >= 15 is 0 Å². The quantitative estimate of drug-likeness (QED) is 0.828. The van der Waals surface area contributed by atoms with Gasteiger partial charge >= 0.3 is 0 Å². The molecular formula is C20H24N2O. The lowest BCUT2D eigenvalue weighted by molar-refractivity contribution is 0.197. The standard InChI is InChI=1S/C20H24N2O/c1-2-19(22-14-12-21-13-15-22)18-10-6-7-11-20(18)23-16-17-8-4-3-5-9-17/h2-11,19,21H,1,12-16H2/t19-/m0/s1. The van der Waals surface area contributed by atoms with Crippen LogP contribution < -0.4 is 10.1 Å².